The van der Waals surface area contributed by atoms with Crippen LogP contribution in [-0.4, -0.2) is 62.2 Å². The number of hydrogen-bond donors (Lipinski definition) is 0. The molecule has 1 aromatic heterocycles. The molecule has 1 aliphatic heterocycles. The van der Waals surface area contributed by atoms with Crippen molar-refractivity contribution in [2.45, 2.75) is 19.4 Å². The average Bonchev–Trinajstić information content (AvgIpc) is 2.87. The first kappa shape index (κ1) is 15.2. The molecule has 7 heteroatoms. The fourth-order valence-corrected chi connectivity index (χ4v) is 3.20. The predicted octanol–water partition coefficient (Wildman–Crippen LogP) is 0.977. The quantitative estimate of drug-likeness (QED) is 0.758. The number of hydroxylamine groups is 2. The Kier molecular flexibility index (Phi) is 4.95. The Labute approximate surface area is 123 Å². The van der Waals surface area contributed by atoms with Gasteiger partial charge < -0.3 is 4.90 Å². The number of fused-ring (bicyclic) bond motifs is 1. The Balaban J connectivity index is 1.89. The topological polar surface area (TPSA) is 48.9 Å². The van der Waals surface area contributed by atoms with Gasteiger partial charge in [0.05, 0.1) is 12.8 Å². The van der Waals surface area contributed by atoms with Gasteiger partial charge in [0.15, 0.2) is 5.13 Å². The van der Waals surface area contributed by atoms with Gasteiger partial charge in [0.25, 0.3) is 0 Å². The predicted molar refractivity (Wildman–Crippen MR) is 79.8 cm³/mol. The second-order valence-corrected chi connectivity index (χ2v) is 6.17. The molecular weight excluding hydrogens is 276 g/mol. The number of thiazole rings is 1. The number of carbonyl (C=O) groups excluding carboxylic acids is 1. The van der Waals surface area contributed by atoms with Crippen molar-refractivity contribution < 1.29 is 9.63 Å². The molecular formula is C13H22N4O2S. The van der Waals surface area contributed by atoms with Gasteiger partial charge in [-0.3, -0.25) is 14.5 Å². The van der Waals surface area contributed by atoms with Gasteiger partial charge in [0.1, 0.15) is 0 Å². The second-order valence-electron chi connectivity index (χ2n) is 5.11. The van der Waals surface area contributed by atoms with Gasteiger partial charge in [-0.15, -0.1) is 11.3 Å². The van der Waals surface area contributed by atoms with Crippen molar-refractivity contribution in [1.29, 1.82) is 0 Å². The Morgan fingerprint density at radius 1 is 1.45 bits per heavy atom. The summed E-state index contributed by atoms with van der Waals surface area (Å²) in [5.74, 6) is 0.0107. The highest BCUT2D eigenvalue weighted by atomic mass is 32.1. The zero-order chi connectivity index (χ0) is 14.7. The molecule has 0 aromatic carbocycles. The molecule has 0 unspecified atom stereocenters. The fourth-order valence-electron chi connectivity index (χ4n) is 2.13. The number of carbonyl (C=O) groups is 1. The molecule has 112 valence electrons. The van der Waals surface area contributed by atoms with Crippen LogP contribution >= 0.6 is 11.3 Å². The first-order valence-electron chi connectivity index (χ1n) is 6.70. The Bertz CT molecular complexity index is 475. The summed E-state index contributed by atoms with van der Waals surface area (Å²) in [6.45, 7) is 2.62. The van der Waals surface area contributed by atoms with E-state index in [2.05, 4.69) is 9.88 Å². The smallest absolute Gasteiger partial charge is 0.247 e. The van der Waals surface area contributed by atoms with Crippen LogP contribution in [0.2, 0.25) is 0 Å². The number of aromatic nitrogens is 1. The third-order valence-corrected chi connectivity index (χ3v) is 4.70. The van der Waals surface area contributed by atoms with Crippen molar-refractivity contribution in [2.75, 3.05) is 46.2 Å². The Morgan fingerprint density at radius 3 is 2.85 bits per heavy atom. The summed E-state index contributed by atoms with van der Waals surface area (Å²) in [6, 6.07) is 0. The second kappa shape index (κ2) is 6.51. The van der Waals surface area contributed by atoms with E-state index in [1.165, 1.54) is 22.7 Å². The van der Waals surface area contributed by atoms with Crippen molar-refractivity contribution in [3.05, 3.63) is 10.6 Å². The van der Waals surface area contributed by atoms with Crippen LogP contribution < -0.4 is 4.90 Å². The molecule has 20 heavy (non-hydrogen) atoms. The van der Waals surface area contributed by atoms with E-state index in [1.807, 2.05) is 19.0 Å². The number of anilines is 1. The average molecular weight is 298 g/mol. The lowest BCUT2D eigenvalue weighted by atomic mass is 10.1. The van der Waals surface area contributed by atoms with Crippen LogP contribution in [0.4, 0.5) is 5.13 Å². The lowest BCUT2D eigenvalue weighted by Gasteiger charge is -2.26. The van der Waals surface area contributed by atoms with E-state index < -0.39 is 0 Å². The third-order valence-electron chi connectivity index (χ3n) is 3.45. The number of nitrogens with zero attached hydrogens (tertiary/aromatic N) is 4. The SMILES string of the molecule is CON(C)C(=O)CCN1CCc2nc(N(C)C)sc2C1. The fraction of sp³-hybridized carbons (Fsp3) is 0.692. The van der Waals surface area contributed by atoms with Gasteiger partial charge in [0, 0.05) is 58.5 Å². The highest BCUT2D eigenvalue weighted by Crippen LogP contribution is 2.29. The molecule has 1 aliphatic rings. The first-order chi connectivity index (χ1) is 9.51. The molecule has 6 nitrogen and oxygen atoms in total. The van der Waals surface area contributed by atoms with Crippen molar-refractivity contribution >= 4 is 22.4 Å². The zero-order valence-corrected chi connectivity index (χ0v) is 13.4. The molecule has 0 saturated heterocycles. The molecule has 0 aliphatic carbocycles. The monoisotopic (exact) mass is 298 g/mol. The summed E-state index contributed by atoms with van der Waals surface area (Å²) in [4.78, 5) is 26.9. The van der Waals surface area contributed by atoms with Crippen LogP contribution in [0, 0.1) is 0 Å². The van der Waals surface area contributed by atoms with Gasteiger partial charge in [-0.05, 0) is 0 Å². The van der Waals surface area contributed by atoms with Crippen LogP contribution in [0.5, 0.6) is 0 Å². The van der Waals surface area contributed by atoms with Crippen molar-refractivity contribution in [3.8, 4) is 0 Å². The summed E-state index contributed by atoms with van der Waals surface area (Å²) in [5, 5.41) is 2.35. The lowest BCUT2D eigenvalue weighted by Crippen LogP contribution is -2.34. The molecule has 0 saturated carbocycles. The third kappa shape index (κ3) is 3.47. The van der Waals surface area contributed by atoms with Crippen LogP contribution in [0.1, 0.15) is 17.0 Å². The number of rotatable bonds is 5. The number of hydrogen-bond acceptors (Lipinski definition) is 6. The van der Waals surface area contributed by atoms with Crippen LogP contribution in [0.15, 0.2) is 0 Å². The van der Waals surface area contributed by atoms with Gasteiger partial charge >= 0.3 is 0 Å². The minimum absolute atomic E-state index is 0.0107. The van der Waals surface area contributed by atoms with Gasteiger partial charge in [-0.1, -0.05) is 0 Å². The van der Waals surface area contributed by atoms with E-state index in [0.717, 1.165) is 31.2 Å². The highest BCUT2D eigenvalue weighted by molar-refractivity contribution is 7.15. The molecule has 1 aromatic rings. The lowest BCUT2D eigenvalue weighted by molar-refractivity contribution is -0.169. The Hall–Kier alpha value is -1.18. The maximum atomic E-state index is 11.7. The Morgan fingerprint density at radius 2 is 2.20 bits per heavy atom. The summed E-state index contributed by atoms with van der Waals surface area (Å²) in [6.07, 6.45) is 1.45. The van der Waals surface area contributed by atoms with E-state index in [4.69, 9.17) is 4.84 Å². The van der Waals surface area contributed by atoms with E-state index in [0.29, 0.717) is 6.42 Å². The molecule has 0 N–H and O–H groups in total. The van der Waals surface area contributed by atoms with Crippen molar-refractivity contribution in [3.63, 3.8) is 0 Å². The van der Waals surface area contributed by atoms with Crippen LogP contribution in [0.3, 0.4) is 0 Å². The molecule has 0 radical (unpaired) electrons. The maximum Gasteiger partial charge on any atom is 0.247 e. The van der Waals surface area contributed by atoms with Crippen LogP contribution in [0.25, 0.3) is 0 Å². The van der Waals surface area contributed by atoms with E-state index in [-0.39, 0.29) is 5.91 Å². The maximum absolute atomic E-state index is 11.7. The number of amides is 1. The van der Waals surface area contributed by atoms with E-state index >= 15 is 0 Å². The van der Waals surface area contributed by atoms with Crippen LogP contribution in [-0.2, 0) is 22.6 Å². The van der Waals surface area contributed by atoms with Crippen molar-refractivity contribution in [2.24, 2.45) is 0 Å². The minimum Gasteiger partial charge on any atom is -0.354 e. The van der Waals surface area contributed by atoms with Gasteiger partial charge in [-0.25, -0.2) is 10.0 Å². The molecule has 2 heterocycles. The largest absolute Gasteiger partial charge is 0.354 e. The van der Waals surface area contributed by atoms with Gasteiger partial charge in [0.2, 0.25) is 5.91 Å². The molecule has 1 amide bonds. The molecule has 0 fully saturated rings. The summed E-state index contributed by atoms with van der Waals surface area (Å²) < 4.78 is 0. The first-order valence-corrected chi connectivity index (χ1v) is 7.52. The van der Waals surface area contributed by atoms with Gasteiger partial charge in [-0.2, -0.15) is 0 Å². The standard InChI is InChI=1S/C13H22N4O2S/c1-15(2)13-14-10-5-7-17(9-11(10)20-13)8-6-12(18)16(3)19-4/h5-9H2,1-4H3. The van der Waals surface area contributed by atoms with E-state index in [1.54, 1.807) is 18.4 Å². The molecule has 0 atom stereocenters. The molecule has 0 spiro atoms. The minimum atomic E-state index is 0.0107. The summed E-state index contributed by atoms with van der Waals surface area (Å²) >= 11 is 1.75. The molecule has 0 bridgehead atoms. The zero-order valence-electron chi connectivity index (χ0n) is 12.5. The summed E-state index contributed by atoms with van der Waals surface area (Å²) in [5.41, 5.74) is 1.22. The highest BCUT2D eigenvalue weighted by Gasteiger charge is 2.22. The summed E-state index contributed by atoms with van der Waals surface area (Å²) in [7, 11) is 7.18. The van der Waals surface area contributed by atoms with E-state index in [9.17, 15) is 4.79 Å². The normalized spacial score (nSPS) is 15.0. The molecule has 2 rings (SSSR count). The van der Waals surface area contributed by atoms with Crippen molar-refractivity contribution in [1.82, 2.24) is 14.9 Å².